The van der Waals surface area contributed by atoms with E-state index in [-0.39, 0.29) is 12.4 Å². The minimum absolute atomic E-state index is 0.139. The molecule has 0 spiro atoms. The van der Waals surface area contributed by atoms with Gasteiger partial charge in [-0.1, -0.05) is 37.3 Å². The fourth-order valence-electron chi connectivity index (χ4n) is 3.51. The molecule has 0 saturated carbocycles. The smallest absolute Gasteiger partial charge is 0.208 e. The Kier molecular flexibility index (Phi) is 5.89. The number of benzene rings is 1. The molecule has 1 aromatic carbocycles. The van der Waals surface area contributed by atoms with Crippen molar-refractivity contribution in [1.82, 2.24) is 10.2 Å². The number of hydrogen-bond acceptors (Lipinski definition) is 6. The van der Waals surface area contributed by atoms with E-state index in [2.05, 4.69) is 28.9 Å². The Morgan fingerprint density at radius 1 is 1.31 bits per heavy atom. The van der Waals surface area contributed by atoms with E-state index in [0.29, 0.717) is 31.8 Å². The van der Waals surface area contributed by atoms with Gasteiger partial charge in [-0.15, -0.1) is 10.2 Å². The highest BCUT2D eigenvalue weighted by Gasteiger charge is 2.43. The van der Waals surface area contributed by atoms with E-state index in [1.165, 1.54) is 12.1 Å². The molecule has 2 heterocycles. The Bertz CT molecular complexity index is 722. The van der Waals surface area contributed by atoms with E-state index in [1.807, 2.05) is 0 Å². The van der Waals surface area contributed by atoms with Gasteiger partial charge < -0.3 is 15.1 Å². The van der Waals surface area contributed by atoms with Crippen LogP contribution in [-0.4, -0.2) is 46.2 Å². The highest BCUT2D eigenvalue weighted by Crippen LogP contribution is 2.37. The SMILES string of the molecule is CC(C)Cc1nnc(N2CC[C@H](O)[C@@](CO)(Cc3ccc(F)cc3)C2)s1. The highest BCUT2D eigenvalue weighted by molar-refractivity contribution is 7.15. The first-order chi connectivity index (χ1) is 12.4. The maximum atomic E-state index is 13.2. The van der Waals surface area contributed by atoms with Crippen molar-refractivity contribution in [2.75, 3.05) is 24.6 Å². The average molecular weight is 380 g/mol. The van der Waals surface area contributed by atoms with Gasteiger partial charge in [-0.25, -0.2) is 4.39 Å². The third kappa shape index (κ3) is 4.22. The predicted octanol–water partition coefficient (Wildman–Crippen LogP) is 2.67. The topological polar surface area (TPSA) is 69.5 Å². The molecule has 142 valence electrons. The zero-order valence-electron chi connectivity index (χ0n) is 15.2. The van der Waals surface area contributed by atoms with Crippen molar-refractivity contribution in [3.05, 3.63) is 40.7 Å². The lowest BCUT2D eigenvalue weighted by Gasteiger charge is -2.45. The molecule has 1 saturated heterocycles. The summed E-state index contributed by atoms with van der Waals surface area (Å²) in [6.45, 7) is 5.34. The molecule has 3 rings (SSSR count). The second-order valence-corrected chi connectivity index (χ2v) is 8.67. The van der Waals surface area contributed by atoms with Gasteiger partial charge in [-0.3, -0.25) is 0 Å². The monoisotopic (exact) mass is 379 g/mol. The molecule has 2 atom stereocenters. The van der Waals surface area contributed by atoms with Gasteiger partial charge in [0.05, 0.1) is 12.7 Å². The van der Waals surface area contributed by atoms with E-state index < -0.39 is 11.5 Å². The summed E-state index contributed by atoms with van der Waals surface area (Å²) in [5.41, 5.74) is 0.207. The lowest BCUT2D eigenvalue weighted by Crippen LogP contribution is -2.55. The van der Waals surface area contributed by atoms with Crippen molar-refractivity contribution in [2.24, 2.45) is 11.3 Å². The number of aliphatic hydroxyl groups excluding tert-OH is 2. The first-order valence-corrected chi connectivity index (χ1v) is 9.84. The molecule has 0 radical (unpaired) electrons. The van der Waals surface area contributed by atoms with Crippen LogP contribution in [0.15, 0.2) is 24.3 Å². The van der Waals surface area contributed by atoms with Gasteiger partial charge in [-0.05, 0) is 36.5 Å². The van der Waals surface area contributed by atoms with Crippen molar-refractivity contribution in [3.8, 4) is 0 Å². The summed E-state index contributed by atoms with van der Waals surface area (Å²) < 4.78 is 13.2. The van der Waals surface area contributed by atoms with Gasteiger partial charge in [0.2, 0.25) is 5.13 Å². The molecule has 2 N–H and O–H groups in total. The quantitative estimate of drug-likeness (QED) is 0.808. The second kappa shape index (κ2) is 7.98. The number of rotatable bonds is 6. The maximum Gasteiger partial charge on any atom is 0.208 e. The molecule has 1 aliphatic heterocycles. The molecular formula is C19H26FN3O2S. The molecule has 1 aliphatic rings. The number of piperidine rings is 1. The van der Waals surface area contributed by atoms with Crippen molar-refractivity contribution >= 4 is 16.5 Å². The third-order valence-electron chi connectivity index (χ3n) is 4.98. The minimum atomic E-state index is -0.694. The van der Waals surface area contributed by atoms with Gasteiger partial charge >= 0.3 is 0 Å². The Morgan fingerprint density at radius 2 is 2.04 bits per heavy atom. The zero-order valence-corrected chi connectivity index (χ0v) is 16.0. The predicted molar refractivity (Wildman–Crippen MR) is 101 cm³/mol. The fraction of sp³-hybridized carbons (Fsp3) is 0.579. The van der Waals surface area contributed by atoms with Crippen LogP contribution in [0.25, 0.3) is 0 Å². The largest absolute Gasteiger partial charge is 0.396 e. The summed E-state index contributed by atoms with van der Waals surface area (Å²) in [5, 5.41) is 31.2. The van der Waals surface area contributed by atoms with Gasteiger partial charge in [0, 0.05) is 24.9 Å². The molecule has 0 aliphatic carbocycles. The summed E-state index contributed by atoms with van der Waals surface area (Å²) >= 11 is 1.58. The van der Waals surface area contributed by atoms with Crippen LogP contribution < -0.4 is 4.90 Å². The van der Waals surface area contributed by atoms with Crippen molar-refractivity contribution < 1.29 is 14.6 Å². The van der Waals surface area contributed by atoms with Gasteiger partial charge in [0.15, 0.2) is 0 Å². The standard InChI is InChI=1S/C19H26FN3O2S/c1-13(2)9-17-21-22-18(26-17)23-8-7-16(25)19(11-23,12-24)10-14-3-5-15(20)6-4-14/h3-6,13,16,24-25H,7-12H2,1-2H3/t16-,19-/m0/s1. The third-order valence-corrected chi connectivity index (χ3v) is 5.99. The van der Waals surface area contributed by atoms with Crippen molar-refractivity contribution in [3.63, 3.8) is 0 Å². The number of hydrogen-bond donors (Lipinski definition) is 2. The fourth-order valence-corrected chi connectivity index (χ4v) is 4.59. The first-order valence-electron chi connectivity index (χ1n) is 9.02. The number of aromatic nitrogens is 2. The number of halogens is 1. The first kappa shape index (κ1) is 19.2. The molecular weight excluding hydrogens is 353 g/mol. The molecule has 1 fully saturated rings. The van der Waals surface area contributed by atoms with Crippen LogP contribution in [0.2, 0.25) is 0 Å². The molecule has 7 heteroatoms. The van der Waals surface area contributed by atoms with Crippen LogP contribution in [0.4, 0.5) is 9.52 Å². The van der Waals surface area contributed by atoms with Crippen molar-refractivity contribution in [2.45, 2.75) is 39.2 Å². The van der Waals surface area contributed by atoms with Gasteiger partial charge in [-0.2, -0.15) is 0 Å². The molecule has 26 heavy (non-hydrogen) atoms. The summed E-state index contributed by atoms with van der Waals surface area (Å²) in [6, 6.07) is 6.25. The summed E-state index contributed by atoms with van der Waals surface area (Å²) in [7, 11) is 0. The Morgan fingerprint density at radius 3 is 2.69 bits per heavy atom. The van der Waals surface area contributed by atoms with Crippen LogP contribution in [0.3, 0.4) is 0 Å². The van der Waals surface area contributed by atoms with E-state index >= 15 is 0 Å². The number of anilines is 1. The van der Waals surface area contributed by atoms with Crippen LogP contribution in [-0.2, 0) is 12.8 Å². The minimum Gasteiger partial charge on any atom is -0.396 e. The van der Waals surface area contributed by atoms with Crippen LogP contribution in [0, 0.1) is 17.2 Å². The number of aliphatic hydroxyl groups is 2. The van der Waals surface area contributed by atoms with E-state index in [9.17, 15) is 14.6 Å². The summed E-state index contributed by atoms with van der Waals surface area (Å²) in [4.78, 5) is 2.11. The maximum absolute atomic E-state index is 13.2. The van der Waals surface area contributed by atoms with E-state index in [1.54, 1.807) is 23.5 Å². The molecule has 0 bridgehead atoms. The Hall–Kier alpha value is -1.57. The Balaban J connectivity index is 1.78. The summed E-state index contributed by atoms with van der Waals surface area (Å²) in [5.74, 6) is 0.234. The van der Waals surface area contributed by atoms with Gasteiger partial charge in [0.1, 0.15) is 10.8 Å². The van der Waals surface area contributed by atoms with Gasteiger partial charge in [0.25, 0.3) is 0 Å². The molecule has 2 aromatic rings. The van der Waals surface area contributed by atoms with Crippen molar-refractivity contribution in [1.29, 1.82) is 0 Å². The highest BCUT2D eigenvalue weighted by atomic mass is 32.1. The molecule has 0 unspecified atom stereocenters. The number of nitrogens with zero attached hydrogens (tertiary/aromatic N) is 3. The summed E-state index contributed by atoms with van der Waals surface area (Å²) in [6.07, 6.45) is 1.33. The molecule has 0 amide bonds. The zero-order chi connectivity index (χ0) is 18.7. The lowest BCUT2D eigenvalue weighted by atomic mass is 9.73. The molecule has 1 aromatic heterocycles. The average Bonchev–Trinajstić information content (AvgIpc) is 3.06. The van der Waals surface area contributed by atoms with E-state index in [0.717, 1.165) is 22.1 Å². The van der Waals surface area contributed by atoms with Crippen LogP contribution in [0.1, 0.15) is 30.8 Å². The van der Waals surface area contributed by atoms with E-state index in [4.69, 9.17) is 0 Å². The van der Waals surface area contributed by atoms with Crippen LogP contribution in [0.5, 0.6) is 0 Å². The van der Waals surface area contributed by atoms with Crippen LogP contribution >= 0.6 is 11.3 Å². The lowest BCUT2D eigenvalue weighted by molar-refractivity contribution is -0.0291. The molecule has 5 nitrogen and oxygen atoms in total. The Labute approximate surface area is 157 Å². The second-order valence-electron chi connectivity index (χ2n) is 7.63. The normalized spacial score (nSPS) is 23.6.